The van der Waals surface area contributed by atoms with Crippen molar-refractivity contribution >= 4 is 28.3 Å². The average molecular weight is 467 g/mol. The summed E-state index contributed by atoms with van der Waals surface area (Å²) >= 11 is 0. The second kappa shape index (κ2) is 7.09. The lowest BCUT2D eigenvalue weighted by Gasteiger charge is -2.36. The van der Waals surface area contributed by atoms with Crippen LogP contribution in [0, 0.1) is 6.92 Å². The molecule has 0 aliphatic carbocycles. The first-order chi connectivity index (χ1) is 16.2. The average Bonchev–Trinajstić information content (AvgIpc) is 3.38. The molecule has 0 unspecified atom stereocenters. The maximum Gasteiger partial charge on any atom is 0.416 e. The molecule has 0 spiro atoms. The highest BCUT2D eigenvalue weighted by Crippen LogP contribution is 2.46. The molecule has 1 saturated heterocycles. The van der Waals surface area contributed by atoms with Gasteiger partial charge >= 0.3 is 6.18 Å². The van der Waals surface area contributed by atoms with E-state index in [1.165, 1.54) is 6.07 Å². The molecule has 2 aromatic carbocycles. The molecule has 2 N–H and O–H groups in total. The third-order valence-electron chi connectivity index (χ3n) is 6.68. The molecule has 0 saturated carbocycles. The first kappa shape index (κ1) is 20.8. The van der Waals surface area contributed by atoms with Gasteiger partial charge in [-0.15, -0.1) is 0 Å². The van der Waals surface area contributed by atoms with E-state index < -0.39 is 17.8 Å². The molecule has 10 heteroatoms. The lowest BCUT2D eigenvalue weighted by molar-refractivity contribution is -0.137. The fourth-order valence-corrected chi connectivity index (χ4v) is 5.11. The predicted molar refractivity (Wildman–Crippen MR) is 119 cm³/mol. The van der Waals surface area contributed by atoms with Gasteiger partial charge < -0.3 is 15.4 Å². The standard InChI is InChI=1S/C24H20F3N5O2/c1-12-29-11-18-22(28)30-16-7-4-13(9-17(16)32(12)18)23(33)31-8-2-3-19-21(31)15-6-5-14(24(25,26)27)10-20(15)34-19/h4-7,9-11,19,21H,2-3,8H2,1H3,(H2,28,30)/t19-,21-/m0/s1. The van der Waals surface area contributed by atoms with Crippen LogP contribution in [-0.2, 0) is 6.18 Å². The number of alkyl halides is 3. The fraction of sp³-hybridized carbons (Fsp3) is 0.292. The second-order valence-electron chi connectivity index (χ2n) is 8.72. The molecule has 7 nitrogen and oxygen atoms in total. The Morgan fingerprint density at radius 1 is 1.18 bits per heavy atom. The number of imidazole rings is 1. The Bertz CT molecular complexity index is 1480. The maximum absolute atomic E-state index is 13.7. The highest BCUT2D eigenvalue weighted by molar-refractivity contribution is 5.98. The zero-order valence-corrected chi connectivity index (χ0v) is 18.1. The highest BCUT2D eigenvalue weighted by atomic mass is 19.4. The third kappa shape index (κ3) is 3.01. The molecule has 6 rings (SSSR count). The molecule has 2 aromatic heterocycles. The van der Waals surface area contributed by atoms with E-state index in [-0.39, 0.29) is 17.8 Å². The number of amides is 1. The minimum absolute atomic E-state index is 0.193. The van der Waals surface area contributed by atoms with E-state index >= 15 is 0 Å². The Labute approximate surface area is 192 Å². The smallest absolute Gasteiger partial charge is 0.416 e. The van der Waals surface area contributed by atoms with Crippen molar-refractivity contribution in [3.8, 4) is 5.75 Å². The summed E-state index contributed by atoms with van der Waals surface area (Å²) in [5.74, 6) is 1.05. The van der Waals surface area contributed by atoms with Crippen LogP contribution in [0.5, 0.6) is 5.75 Å². The first-order valence-corrected chi connectivity index (χ1v) is 10.9. The fourth-order valence-electron chi connectivity index (χ4n) is 5.11. The summed E-state index contributed by atoms with van der Waals surface area (Å²) < 4.78 is 47.3. The second-order valence-corrected chi connectivity index (χ2v) is 8.72. The molecule has 34 heavy (non-hydrogen) atoms. The summed E-state index contributed by atoms with van der Waals surface area (Å²) in [5.41, 5.74) is 8.36. The molecular formula is C24H20F3N5O2. The van der Waals surface area contributed by atoms with Gasteiger partial charge in [0.2, 0.25) is 0 Å². The summed E-state index contributed by atoms with van der Waals surface area (Å²) in [6, 6.07) is 8.27. The van der Waals surface area contributed by atoms with E-state index in [4.69, 9.17) is 10.5 Å². The number of hydrogen-bond acceptors (Lipinski definition) is 5. The van der Waals surface area contributed by atoms with E-state index in [0.29, 0.717) is 52.9 Å². The van der Waals surface area contributed by atoms with Crippen LogP contribution in [0.2, 0.25) is 0 Å². The number of likely N-dealkylation sites (tertiary alicyclic amines) is 1. The Balaban J connectivity index is 1.41. The molecular weight excluding hydrogens is 447 g/mol. The van der Waals surface area contributed by atoms with Gasteiger partial charge in [0.25, 0.3) is 5.91 Å². The maximum atomic E-state index is 13.7. The molecule has 174 valence electrons. The van der Waals surface area contributed by atoms with Crippen molar-refractivity contribution in [1.82, 2.24) is 19.3 Å². The summed E-state index contributed by atoms with van der Waals surface area (Å²) in [4.78, 5) is 24.1. The summed E-state index contributed by atoms with van der Waals surface area (Å²) in [6.45, 7) is 2.33. The molecule has 2 aliphatic rings. The van der Waals surface area contributed by atoms with Crippen LogP contribution in [0.4, 0.5) is 19.0 Å². The molecule has 4 heterocycles. The van der Waals surface area contributed by atoms with Crippen molar-refractivity contribution in [1.29, 1.82) is 0 Å². The van der Waals surface area contributed by atoms with Crippen LogP contribution in [0.15, 0.2) is 42.6 Å². The third-order valence-corrected chi connectivity index (χ3v) is 6.68. The SMILES string of the molecule is Cc1ncc2c(N)nc3ccc(C(=O)N4CCC[C@@H]5Oc6cc(C(F)(F)F)ccc6[C@@H]54)cc3n12. The summed E-state index contributed by atoms with van der Waals surface area (Å²) in [5, 5.41) is 0. The Morgan fingerprint density at radius 2 is 2.00 bits per heavy atom. The molecule has 0 radical (unpaired) electrons. The van der Waals surface area contributed by atoms with Gasteiger partial charge in [-0.05, 0) is 50.1 Å². The number of carbonyl (C=O) groups is 1. The number of benzene rings is 2. The van der Waals surface area contributed by atoms with E-state index in [1.807, 2.05) is 11.3 Å². The summed E-state index contributed by atoms with van der Waals surface area (Å²) in [6.07, 6.45) is -1.83. The largest absolute Gasteiger partial charge is 0.488 e. The van der Waals surface area contributed by atoms with Crippen molar-refractivity contribution in [3.63, 3.8) is 0 Å². The van der Waals surface area contributed by atoms with Gasteiger partial charge in [-0.25, -0.2) is 9.97 Å². The predicted octanol–water partition coefficient (Wildman–Crippen LogP) is 4.53. The number of halogens is 3. The van der Waals surface area contributed by atoms with Crippen LogP contribution >= 0.6 is 0 Å². The number of nitrogens with two attached hydrogens (primary N) is 1. The monoisotopic (exact) mass is 467 g/mol. The number of ether oxygens (including phenoxy) is 1. The lowest BCUT2D eigenvalue weighted by Crippen LogP contribution is -2.44. The van der Waals surface area contributed by atoms with Crippen LogP contribution in [0.3, 0.4) is 0 Å². The molecule has 1 fully saturated rings. The van der Waals surface area contributed by atoms with Crippen molar-refractivity contribution in [3.05, 3.63) is 65.1 Å². The number of carbonyl (C=O) groups excluding carboxylic acids is 1. The zero-order valence-electron chi connectivity index (χ0n) is 18.1. The number of piperidine rings is 1. The first-order valence-electron chi connectivity index (χ1n) is 10.9. The van der Waals surface area contributed by atoms with Gasteiger partial charge in [-0.3, -0.25) is 9.20 Å². The number of aryl methyl sites for hydroxylation is 1. The van der Waals surface area contributed by atoms with Crippen molar-refractivity contribution in [2.75, 3.05) is 12.3 Å². The van der Waals surface area contributed by atoms with Gasteiger partial charge in [0.05, 0.1) is 28.8 Å². The van der Waals surface area contributed by atoms with Crippen LogP contribution in [0.1, 0.15) is 46.2 Å². The van der Waals surface area contributed by atoms with E-state index in [2.05, 4.69) is 9.97 Å². The van der Waals surface area contributed by atoms with Gasteiger partial charge in [0.15, 0.2) is 0 Å². The topological polar surface area (TPSA) is 85.8 Å². The van der Waals surface area contributed by atoms with E-state index in [0.717, 1.165) is 18.0 Å². The summed E-state index contributed by atoms with van der Waals surface area (Å²) in [7, 11) is 0. The van der Waals surface area contributed by atoms with Crippen molar-refractivity contribution < 1.29 is 22.7 Å². The van der Waals surface area contributed by atoms with Gasteiger partial charge in [-0.1, -0.05) is 6.07 Å². The number of nitrogen functional groups attached to an aromatic ring is 1. The quantitative estimate of drug-likeness (QED) is 0.445. The Hall–Kier alpha value is -3.82. The minimum Gasteiger partial charge on any atom is -0.488 e. The van der Waals surface area contributed by atoms with Crippen molar-refractivity contribution in [2.45, 2.75) is 38.1 Å². The number of aromatic nitrogens is 3. The van der Waals surface area contributed by atoms with E-state index in [1.54, 1.807) is 29.3 Å². The minimum atomic E-state index is -4.46. The number of hydrogen-bond donors (Lipinski definition) is 1. The Kier molecular flexibility index (Phi) is 4.33. The zero-order chi connectivity index (χ0) is 23.8. The molecule has 2 aliphatic heterocycles. The number of fused-ring (bicyclic) bond motifs is 6. The van der Waals surface area contributed by atoms with Gasteiger partial charge in [-0.2, -0.15) is 13.2 Å². The Morgan fingerprint density at radius 3 is 2.79 bits per heavy atom. The van der Waals surface area contributed by atoms with Crippen LogP contribution in [-0.4, -0.2) is 37.8 Å². The van der Waals surface area contributed by atoms with Gasteiger partial charge in [0.1, 0.15) is 29.0 Å². The van der Waals surface area contributed by atoms with Crippen molar-refractivity contribution in [2.24, 2.45) is 0 Å². The number of anilines is 1. The van der Waals surface area contributed by atoms with Crippen LogP contribution in [0.25, 0.3) is 16.6 Å². The normalized spacial score (nSPS) is 19.8. The molecule has 0 bridgehead atoms. The van der Waals surface area contributed by atoms with Gasteiger partial charge in [0, 0.05) is 17.7 Å². The number of rotatable bonds is 1. The van der Waals surface area contributed by atoms with E-state index in [9.17, 15) is 18.0 Å². The van der Waals surface area contributed by atoms with Crippen LogP contribution < -0.4 is 10.5 Å². The lowest BCUT2D eigenvalue weighted by atomic mass is 9.93. The molecule has 1 amide bonds. The number of nitrogens with zero attached hydrogens (tertiary/aromatic N) is 4. The molecule has 4 aromatic rings. The highest BCUT2D eigenvalue weighted by Gasteiger charge is 2.44. The molecule has 2 atom stereocenters.